The third kappa shape index (κ3) is 22.2. The normalized spacial score (nSPS) is 14.7. The quantitative estimate of drug-likeness (QED) is 0.0646. The molecule has 0 aromatic heterocycles. The predicted octanol–water partition coefficient (Wildman–Crippen LogP) is -0.0437. The second-order valence-electron chi connectivity index (χ2n) is 11.0. The zero-order valence-corrected chi connectivity index (χ0v) is 28.0. The number of ether oxygens (including phenoxy) is 5. The molecular formula is C34H50N4O11. The lowest BCUT2D eigenvalue weighted by Crippen LogP contribution is -2.47. The van der Waals surface area contributed by atoms with Crippen LogP contribution in [0.15, 0.2) is 30.3 Å². The van der Waals surface area contributed by atoms with Crippen LogP contribution >= 0.6 is 0 Å². The maximum absolute atomic E-state index is 12.1. The van der Waals surface area contributed by atoms with E-state index in [1.165, 1.54) is 0 Å². The fourth-order valence-electron chi connectivity index (χ4n) is 4.32. The minimum absolute atomic E-state index is 0.00968. The predicted molar refractivity (Wildman–Crippen MR) is 177 cm³/mol. The third-order valence-corrected chi connectivity index (χ3v) is 6.91. The maximum Gasteiger partial charge on any atom is 0.326 e. The van der Waals surface area contributed by atoms with Gasteiger partial charge in [0.25, 0.3) is 0 Å². The summed E-state index contributed by atoms with van der Waals surface area (Å²) in [5.41, 5.74) is 0.747. The van der Waals surface area contributed by atoms with Gasteiger partial charge in [0, 0.05) is 25.8 Å². The van der Waals surface area contributed by atoms with Gasteiger partial charge in [-0.1, -0.05) is 42.7 Å². The van der Waals surface area contributed by atoms with Crippen LogP contribution in [-0.2, 0) is 54.1 Å². The smallest absolute Gasteiger partial charge is 0.326 e. The first-order valence-electron chi connectivity index (χ1n) is 16.6. The molecule has 49 heavy (non-hydrogen) atoms. The van der Waals surface area contributed by atoms with Crippen molar-refractivity contribution in [3.05, 3.63) is 35.9 Å². The van der Waals surface area contributed by atoms with Crippen LogP contribution in [0.1, 0.15) is 44.1 Å². The Kier molecular flexibility index (Phi) is 22.5. The number of carboxylic acids is 1. The Morgan fingerprint density at radius 3 is 2.06 bits per heavy atom. The summed E-state index contributed by atoms with van der Waals surface area (Å²) in [6.07, 6.45) is 5.04. The highest BCUT2D eigenvalue weighted by Gasteiger charge is 2.20. The second-order valence-corrected chi connectivity index (χ2v) is 11.0. The lowest BCUT2D eigenvalue weighted by atomic mass is 10.1. The molecule has 0 aliphatic heterocycles. The molecule has 0 bridgehead atoms. The molecule has 1 aliphatic rings. The summed E-state index contributed by atoms with van der Waals surface area (Å²) in [5.74, 6) is 3.12. The number of hydrogen-bond acceptors (Lipinski definition) is 10. The Balaban J connectivity index is 1.34. The molecule has 2 atom stereocenters. The van der Waals surface area contributed by atoms with Crippen molar-refractivity contribution in [2.45, 2.75) is 57.1 Å². The van der Waals surface area contributed by atoms with Crippen LogP contribution in [0.2, 0.25) is 0 Å². The van der Waals surface area contributed by atoms with E-state index >= 15 is 0 Å². The van der Waals surface area contributed by atoms with Gasteiger partial charge in [-0.2, -0.15) is 0 Å². The van der Waals surface area contributed by atoms with E-state index < -0.39 is 36.3 Å². The molecule has 15 heteroatoms. The Labute approximate surface area is 287 Å². The number of carbonyl (C=O) groups excluding carboxylic acids is 4. The molecule has 1 unspecified atom stereocenters. The minimum atomic E-state index is -1.19. The van der Waals surface area contributed by atoms with Crippen LogP contribution in [0.25, 0.3) is 0 Å². The van der Waals surface area contributed by atoms with Crippen molar-refractivity contribution in [2.24, 2.45) is 0 Å². The summed E-state index contributed by atoms with van der Waals surface area (Å²) in [4.78, 5) is 59.4. The molecule has 0 fully saturated rings. The Hall–Kier alpha value is -4.07. The van der Waals surface area contributed by atoms with Gasteiger partial charge in [0.2, 0.25) is 23.6 Å². The average molecular weight is 691 g/mol. The lowest BCUT2D eigenvalue weighted by Gasteiger charge is -2.15. The van der Waals surface area contributed by atoms with E-state index in [4.69, 9.17) is 23.7 Å². The van der Waals surface area contributed by atoms with Crippen LogP contribution in [0.3, 0.4) is 0 Å². The molecule has 4 amide bonds. The van der Waals surface area contributed by atoms with Gasteiger partial charge < -0.3 is 50.1 Å². The van der Waals surface area contributed by atoms with E-state index in [1.807, 2.05) is 0 Å². The summed E-state index contributed by atoms with van der Waals surface area (Å²) in [5, 5.41) is 19.3. The first-order chi connectivity index (χ1) is 23.8. The molecular weight excluding hydrogens is 640 g/mol. The van der Waals surface area contributed by atoms with Crippen molar-refractivity contribution in [1.29, 1.82) is 0 Å². The van der Waals surface area contributed by atoms with Gasteiger partial charge in [-0.15, -0.1) is 5.92 Å². The molecule has 272 valence electrons. The molecule has 2 rings (SSSR count). The van der Waals surface area contributed by atoms with Crippen molar-refractivity contribution >= 4 is 29.6 Å². The van der Waals surface area contributed by atoms with Gasteiger partial charge in [0.15, 0.2) is 0 Å². The zero-order valence-electron chi connectivity index (χ0n) is 28.0. The number of amides is 4. The minimum Gasteiger partial charge on any atom is -0.480 e. The van der Waals surface area contributed by atoms with E-state index in [0.717, 1.165) is 37.7 Å². The molecule has 5 N–H and O–H groups in total. The summed E-state index contributed by atoms with van der Waals surface area (Å²) in [6.45, 7) is 2.21. The highest BCUT2D eigenvalue weighted by molar-refractivity contribution is 5.89. The van der Waals surface area contributed by atoms with Gasteiger partial charge in [0.05, 0.1) is 65.9 Å². The Bertz CT molecular complexity index is 1190. The molecule has 0 radical (unpaired) electrons. The van der Waals surface area contributed by atoms with Gasteiger partial charge in [-0.3, -0.25) is 19.2 Å². The van der Waals surface area contributed by atoms with Gasteiger partial charge in [0.1, 0.15) is 18.8 Å². The molecule has 1 aromatic rings. The standard InChI is InChI=1S/C34H50N4O11/c39-30(36-24-31(40)37-25-32(41)38-29(34(43)44)23-27-9-5-4-6-10-27)13-15-45-17-19-47-21-22-48-20-18-46-16-14-35-33(42)26-49-28-11-7-2-1-3-8-12-28/h4-6,9-10,28-29H,1-3,7,11,13-26H2,(H,35,42)(H,36,39)(H,37,40)(H,38,41)(H,43,44)/t28?,29-/m0/s1. The van der Waals surface area contributed by atoms with Crippen LogP contribution in [0, 0.1) is 11.8 Å². The number of nitrogens with one attached hydrogen (secondary N) is 4. The topological polar surface area (TPSA) is 200 Å². The second kappa shape index (κ2) is 26.8. The summed E-state index contributed by atoms with van der Waals surface area (Å²) in [6, 6.07) is 7.71. The molecule has 0 spiro atoms. The van der Waals surface area contributed by atoms with E-state index in [1.54, 1.807) is 30.3 Å². The van der Waals surface area contributed by atoms with E-state index in [9.17, 15) is 29.1 Å². The van der Waals surface area contributed by atoms with Crippen LogP contribution in [0.5, 0.6) is 0 Å². The zero-order chi connectivity index (χ0) is 35.4. The molecule has 0 saturated carbocycles. The summed E-state index contributed by atoms with van der Waals surface area (Å²) >= 11 is 0. The van der Waals surface area contributed by atoms with Crippen molar-refractivity contribution in [3.8, 4) is 11.8 Å². The molecule has 15 nitrogen and oxygen atoms in total. The Morgan fingerprint density at radius 1 is 0.735 bits per heavy atom. The third-order valence-electron chi connectivity index (χ3n) is 6.91. The van der Waals surface area contributed by atoms with Crippen molar-refractivity contribution < 1.29 is 52.8 Å². The van der Waals surface area contributed by atoms with E-state index in [0.29, 0.717) is 46.2 Å². The largest absolute Gasteiger partial charge is 0.480 e. The first-order valence-corrected chi connectivity index (χ1v) is 16.6. The Morgan fingerprint density at radius 2 is 1.37 bits per heavy atom. The average Bonchev–Trinajstić information content (AvgIpc) is 3.07. The fourth-order valence-corrected chi connectivity index (χ4v) is 4.32. The van der Waals surface area contributed by atoms with Crippen molar-refractivity contribution in [1.82, 2.24) is 21.3 Å². The first kappa shape index (κ1) is 41.1. The molecule has 1 aromatic carbocycles. The van der Waals surface area contributed by atoms with Gasteiger partial charge in [-0.25, -0.2) is 4.79 Å². The maximum atomic E-state index is 12.1. The molecule has 1 aliphatic carbocycles. The van der Waals surface area contributed by atoms with Crippen LogP contribution in [0.4, 0.5) is 0 Å². The van der Waals surface area contributed by atoms with E-state index in [2.05, 4.69) is 33.1 Å². The number of rotatable bonds is 26. The summed E-state index contributed by atoms with van der Waals surface area (Å²) < 4.78 is 27.2. The van der Waals surface area contributed by atoms with Crippen molar-refractivity contribution in [2.75, 3.05) is 79.1 Å². The summed E-state index contributed by atoms with van der Waals surface area (Å²) in [7, 11) is 0. The van der Waals surface area contributed by atoms with Crippen molar-refractivity contribution in [3.63, 3.8) is 0 Å². The highest BCUT2D eigenvalue weighted by Crippen LogP contribution is 2.10. The van der Waals surface area contributed by atoms with E-state index in [-0.39, 0.29) is 51.2 Å². The molecule has 0 heterocycles. The molecule has 0 saturated heterocycles. The van der Waals surface area contributed by atoms with Gasteiger partial charge >= 0.3 is 5.97 Å². The SMILES string of the molecule is O=C(CCOCCOCCOCCOCCNC(=O)COC1C#CCCCCC1)NCC(=O)NCC(=O)N[C@@H](Cc1ccccc1)C(=O)O. The fraction of sp³-hybridized carbons (Fsp3) is 0.618. The van der Waals surface area contributed by atoms with Crippen LogP contribution in [-0.4, -0.2) is 126 Å². The lowest BCUT2D eigenvalue weighted by molar-refractivity contribution is -0.141. The van der Waals surface area contributed by atoms with Gasteiger partial charge in [-0.05, 0) is 24.8 Å². The number of aliphatic carboxylic acids is 1. The number of hydrogen-bond donors (Lipinski definition) is 5. The number of carbonyl (C=O) groups is 5. The monoisotopic (exact) mass is 690 g/mol. The van der Waals surface area contributed by atoms with Crippen LogP contribution < -0.4 is 21.3 Å². The number of benzene rings is 1. The number of carboxylic acid groups (broad SMARTS) is 1. The highest BCUT2D eigenvalue weighted by atomic mass is 16.6.